The normalized spacial score (nSPS) is 13.2. The lowest BCUT2D eigenvalue weighted by atomic mass is 10.0. The molecular formula is C12H13ClF3NO2. The van der Waals surface area contributed by atoms with Crippen LogP contribution in [0.3, 0.4) is 0 Å². The molecule has 1 aromatic rings. The maximum absolute atomic E-state index is 12.7. The fourth-order valence-electron chi connectivity index (χ4n) is 1.56. The largest absolute Gasteiger partial charge is 0.466 e. The zero-order valence-electron chi connectivity index (χ0n) is 10.1. The summed E-state index contributed by atoms with van der Waals surface area (Å²) in [7, 11) is 0. The average molecular weight is 296 g/mol. The van der Waals surface area contributed by atoms with E-state index in [0.29, 0.717) is 0 Å². The minimum Gasteiger partial charge on any atom is -0.466 e. The van der Waals surface area contributed by atoms with E-state index in [1.165, 1.54) is 12.1 Å². The Bertz CT molecular complexity index is 463. The molecule has 0 aliphatic heterocycles. The molecule has 19 heavy (non-hydrogen) atoms. The van der Waals surface area contributed by atoms with Gasteiger partial charge in [0, 0.05) is 6.04 Å². The molecule has 0 unspecified atom stereocenters. The highest BCUT2D eigenvalue weighted by Crippen LogP contribution is 2.38. The number of hydrogen-bond donors (Lipinski definition) is 1. The summed E-state index contributed by atoms with van der Waals surface area (Å²) in [6, 6.07) is 2.49. The van der Waals surface area contributed by atoms with Gasteiger partial charge in [-0.05, 0) is 18.6 Å². The number of carbonyl (C=O) groups excluding carboxylic acids is 1. The molecule has 0 aliphatic rings. The summed E-state index contributed by atoms with van der Waals surface area (Å²) in [6.45, 7) is 1.81. The summed E-state index contributed by atoms with van der Waals surface area (Å²) < 4.78 is 42.7. The van der Waals surface area contributed by atoms with Crippen molar-refractivity contribution in [1.82, 2.24) is 0 Å². The Morgan fingerprint density at radius 3 is 2.63 bits per heavy atom. The van der Waals surface area contributed by atoms with Crippen LogP contribution in [0.1, 0.15) is 30.5 Å². The minimum atomic E-state index is -4.56. The van der Waals surface area contributed by atoms with Crippen LogP contribution in [0.25, 0.3) is 0 Å². The quantitative estimate of drug-likeness (QED) is 0.867. The zero-order valence-corrected chi connectivity index (χ0v) is 10.9. The van der Waals surface area contributed by atoms with E-state index >= 15 is 0 Å². The monoisotopic (exact) mass is 295 g/mol. The first-order valence-electron chi connectivity index (χ1n) is 5.54. The molecule has 0 spiro atoms. The van der Waals surface area contributed by atoms with Crippen LogP contribution in [-0.2, 0) is 15.7 Å². The van der Waals surface area contributed by atoms with E-state index in [-0.39, 0.29) is 18.6 Å². The van der Waals surface area contributed by atoms with Crippen molar-refractivity contribution >= 4 is 17.6 Å². The molecule has 0 saturated heterocycles. The first-order chi connectivity index (χ1) is 8.77. The number of alkyl halides is 3. The fourth-order valence-corrected chi connectivity index (χ4v) is 1.94. The highest BCUT2D eigenvalue weighted by molar-refractivity contribution is 6.32. The van der Waals surface area contributed by atoms with Gasteiger partial charge in [-0.1, -0.05) is 23.7 Å². The standard InChI is InChI=1S/C12H13ClF3NO2/c1-2-19-10(18)6-9(17)7-4-3-5-8(11(7)13)12(14,15)16/h3-5,9H,2,6,17H2,1H3/t9-/m1/s1. The summed E-state index contributed by atoms with van der Waals surface area (Å²) in [6.07, 6.45) is -4.79. The second-order valence-electron chi connectivity index (χ2n) is 3.82. The first-order valence-corrected chi connectivity index (χ1v) is 5.92. The van der Waals surface area contributed by atoms with Gasteiger partial charge in [0.15, 0.2) is 0 Å². The zero-order chi connectivity index (χ0) is 14.6. The molecule has 0 aromatic heterocycles. The highest BCUT2D eigenvalue weighted by Gasteiger charge is 2.34. The van der Waals surface area contributed by atoms with Crippen LogP contribution in [0.5, 0.6) is 0 Å². The van der Waals surface area contributed by atoms with Crippen LogP contribution in [0, 0.1) is 0 Å². The number of rotatable bonds is 4. The summed E-state index contributed by atoms with van der Waals surface area (Å²) in [5.74, 6) is -0.580. The third-order valence-electron chi connectivity index (χ3n) is 2.43. The van der Waals surface area contributed by atoms with Crippen LogP contribution < -0.4 is 5.73 Å². The molecule has 0 bridgehead atoms. The van der Waals surface area contributed by atoms with Crippen LogP contribution in [0.4, 0.5) is 13.2 Å². The second kappa shape index (κ2) is 6.25. The van der Waals surface area contributed by atoms with Crippen LogP contribution in [0.15, 0.2) is 18.2 Å². The number of esters is 1. The predicted molar refractivity (Wildman–Crippen MR) is 64.6 cm³/mol. The summed E-state index contributed by atoms with van der Waals surface area (Å²) >= 11 is 5.70. The Morgan fingerprint density at radius 1 is 1.47 bits per heavy atom. The van der Waals surface area contributed by atoms with Gasteiger partial charge in [-0.25, -0.2) is 0 Å². The Balaban J connectivity index is 2.98. The molecular weight excluding hydrogens is 283 g/mol. The third kappa shape index (κ3) is 4.11. The van der Waals surface area contributed by atoms with Crippen molar-refractivity contribution in [3.63, 3.8) is 0 Å². The maximum Gasteiger partial charge on any atom is 0.417 e. The van der Waals surface area contributed by atoms with Gasteiger partial charge in [-0.15, -0.1) is 0 Å². The molecule has 0 aliphatic carbocycles. The topological polar surface area (TPSA) is 52.3 Å². The highest BCUT2D eigenvalue weighted by atomic mass is 35.5. The summed E-state index contributed by atoms with van der Waals surface area (Å²) in [5, 5.41) is -0.480. The Kier molecular flexibility index (Phi) is 5.20. The van der Waals surface area contributed by atoms with Crippen LogP contribution in [-0.4, -0.2) is 12.6 Å². The molecule has 1 atom stereocenters. The van der Waals surface area contributed by atoms with E-state index in [2.05, 4.69) is 4.74 Å². The molecule has 0 amide bonds. The van der Waals surface area contributed by atoms with Gasteiger partial charge in [-0.3, -0.25) is 4.79 Å². The summed E-state index contributed by atoms with van der Waals surface area (Å²) in [5.41, 5.74) is 4.79. The number of halogens is 4. The molecule has 1 rings (SSSR count). The molecule has 7 heteroatoms. The maximum atomic E-state index is 12.7. The Hall–Kier alpha value is -1.27. The van der Waals surface area contributed by atoms with Gasteiger partial charge in [0.25, 0.3) is 0 Å². The van der Waals surface area contributed by atoms with E-state index in [0.717, 1.165) is 6.07 Å². The van der Waals surface area contributed by atoms with Crippen molar-refractivity contribution < 1.29 is 22.7 Å². The average Bonchev–Trinajstić information content (AvgIpc) is 2.27. The van der Waals surface area contributed by atoms with E-state index in [4.69, 9.17) is 17.3 Å². The van der Waals surface area contributed by atoms with E-state index < -0.39 is 28.8 Å². The summed E-state index contributed by atoms with van der Waals surface area (Å²) in [4.78, 5) is 11.3. The minimum absolute atomic E-state index is 0.0737. The lowest BCUT2D eigenvalue weighted by Gasteiger charge is -2.16. The van der Waals surface area contributed by atoms with Gasteiger partial charge < -0.3 is 10.5 Å². The van der Waals surface area contributed by atoms with Crippen molar-refractivity contribution in [2.45, 2.75) is 25.6 Å². The van der Waals surface area contributed by atoms with Gasteiger partial charge in [-0.2, -0.15) is 13.2 Å². The number of nitrogens with two attached hydrogens (primary N) is 1. The molecule has 1 aromatic carbocycles. The van der Waals surface area contributed by atoms with Crippen molar-refractivity contribution in [2.24, 2.45) is 5.73 Å². The lowest BCUT2D eigenvalue weighted by Crippen LogP contribution is -2.19. The smallest absolute Gasteiger partial charge is 0.417 e. The van der Waals surface area contributed by atoms with E-state index in [1.807, 2.05) is 0 Å². The molecule has 2 N–H and O–H groups in total. The van der Waals surface area contributed by atoms with E-state index in [1.54, 1.807) is 6.92 Å². The van der Waals surface area contributed by atoms with Crippen molar-refractivity contribution in [1.29, 1.82) is 0 Å². The van der Waals surface area contributed by atoms with Crippen LogP contribution in [0.2, 0.25) is 5.02 Å². The van der Waals surface area contributed by atoms with Crippen molar-refractivity contribution in [2.75, 3.05) is 6.61 Å². The third-order valence-corrected chi connectivity index (χ3v) is 2.85. The molecule has 106 valence electrons. The van der Waals surface area contributed by atoms with E-state index in [9.17, 15) is 18.0 Å². The number of hydrogen-bond acceptors (Lipinski definition) is 3. The molecule has 3 nitrogen and oxygen atoms in total. The van der Waals surface area contributed by atoms with Gasteiger partial charge in [0.05, 0.1) is 23.6 Å². The van der Waals surface area contributed by atoms with Gasteiger partial charge >= 0.3 is 12.1 Å². The SMILES string of the molecule is CCOC(=O)C[C@@H](N)c1cccc(C(F)(F)F)c1Cl. The Labute approximate surface area is 113 Å². The van der Waals surface area contributed by atoms with Gasteiger partial charge in [0.1, 0.15) is 0 Å². The molecule has 0 fully saturated rings. The number of benzene rings is 1. The van der Waals surface area contributed by atoms with Crippen molar-refractivity contribution in [3.8, 4) is 0 Å². The van der Waals surface area contributed by atoms with Gasteiger partial charge in [0.2, 0.25) is 0 Å². The molecule has 0 radical (unpaired) electrons. The number of ether oxygens (including phenoxy) is 1. The predicted octanol–water partition coefficient (Wildman–Crippen LogP) is 3.31. The molecule has 0 heterocycles. The lowest BCUT2D eigenvalue weighted by molar-refractivity contribution is -0.143. The second-order valence-corrected chi connectivity index (χ2v) is 4.20. The Morgan fingerprint density at radius 2 is 2.11 bits per heavy atom. The number of carbonyl (C=O) groups is 1. The fraction of sp³-hybridized carbons (Fsp3) is 0.417. The molecule has 0 saturated carbocycles. The first kappa shape index (κ1) is 15.8. The van der Waals surface area contributed by atoms with Crippen molar-refractivity contribution in [3.05, 3.63) is 34.3 Å². The van der Waals surface area contributed by atoms with Crippen LogP contribution >= 0.6 is 11.6 Å².